The largest absolute Gasteiger partial charge is 0.370 e. The van der Waals surface area contributed by atoms with E-state index in [1.165, 1.54) is 0 Å². The molecule has 0 aromatic carbocycles. The molecule has 2 atom stereocenters. The molecule has 1 amide bonds. The number of carbonyl (C=O) groups is 1. The van der Waals surface area contributed by atoms with Crippen LogP contribution in [-0.2, 0) is 0 Å². The van der Waals surface area contributed by atoms with Crippen molar-refractivity contribution in [2.75, 3.05) is 11.9 Å². The van der Waals surface area contributed by atoms with Gasteiger partial charge in [-0.05, 0) is 30.9 Å². The predicted octanol–water partition coefficient (Wildman–Crippen LogP) is 2.43. The molecule has 2 rings (SSSR count). The average Bonchev–Trinajstić information content (AvgIpc) is 3.15. The van der Waals surface area contributed by atoms with Gasteiger partial charge in [-0.15, -0.1) is 0 Å². The van der Waals surface area contributed by atoms with Crippen molar-refractivity contribution < 1.29 is 4.79 Å². The van der Waals surface area contributed by atoms with Gasteiger partial charge in [-0.25, -0.2) is 4.98 Å². The topological polar surface area (TPSA) is 54.0 Å². The van der Waals surface area contributed by atoms with Crippen LogP contribution in [0, 0.1) is 5.92 Å². The van der Waals surface area contributed by atoms with Crippen LogP contribution in [0.3, 0.4) is 0 Å². The van der Waals surface area contributed by atoms with Gasteiger partial charge >= 0.3 is 0 Å². The van der Waals surface area contributed by atoms with E-state index in [1.54, 1.807) is 6.20 Å². The molecule has 2 N–H and O–H groups in total. The molecule has 1 saturated carbocycles. The third kappa shape index (κ3) is 3.22. The van der Waals surface area contributed by atoms with Gasteiger partial charge in [0.05, 0.1) is 5.56 Å². The van der Waals surface area contributed by atoms with Crippen molar-refractivity contribution in [1.29, 1.82) is 0 Å². The molecule has 0 spiro atoms. The van der Waals surface area contributed by atoms with Crippen molar-refractivity contribution >= 4 is 11.7 Å². The van der Waals surface area contributed by atoms with Gasteiger partial charge in [0.1, 0.15) is 5.82 Å². The summed E-state index contributed by atoms with van der Waals surface area (Å²) in [5, 5.41) is 6.22. The summed E-state index contributed by atoms with van der Waals surface area (Å²) in [4.78, 5) is 16.1. The molecule has 1 fully saturated rings. The molecule has 4 heteroatoms. The van der Waals surface area contributed by atoms with Crippen LogP contribution < -0.4 is 10.6 Å². The Labute approximate surface area is 108 Å². The number of anilines is 1. The number of rotatable bonds is 6. The van der Waals surface area contributed by atoms with Crippen LogP contribution in [0.1, 0.15) is 43.5 Å². The summed E-state index contributed by atoms with van der Waals surface area (Å²) in [6.07, 6.45) is 4.95. The van der Waals surface area contributed by atoms with Crippen LogP contribution >= 0.6 is 0 Å². The van der Waals surface area contributed by atoms with Gasteiger partial charge in [-0.2, -0.15) is 0 Å². The van der Waals surface area contributed by atoms with E-state index in [0.29, 0.717) is 17.5 Å². The number of amides is 1. The summed E-state index contributed by atoms with van der Waals surface area (Å²) >= 11 is 0. The van der Waals surface area contributed by atoms with Crippen LogP contribution in [0.2, 0.25) is 0 Å². The second-order valence-corrected chi connectivity index (χ2v) is 4.84. The number of pyridine rings is 1. The van der Waals surface area contributed by atoms with Crippen molar-refractivity contribution in [3.8, 4) is 0 Å². The number of aromatic nitrogens is 1. The van der Waals surface area contributed by atoms with Crippen LogP contribution in [0.4, 0.5) is 5.82 Å². The lowest BCUT2D eigenvalue weighted by molar-refractivity contribution is 0.0948. The third-order valence-electron chi connectivity index (χ3n) is 3.35. The number of nitrogens with zero attached hydrogens (tertiary/aromatic N) is 1. The zero-order valence-corrected chi connectivity index (χ0v) is 11.1. The Bertz CT molecular complexity index is 402. The molecule has 1 aromatic rings. The Balaban J connectivity index is 1.86. The van der Waals surface area contributed by atoms with Crippen molar-refractivity contribution in [2.45, 2.75) is 39.2 Å². The fourth-order valence-corrected chi connectivity index (χ4v) is 2.01. The van der Waals surface area contributed by atoms with Gasteiger partial charge in [-0.1, -0.05) is 20.3 Å². The van der Waals surface area contributed by atoms with Crippen LogP contribution in [-0.4, -0.2) is 23.5 Å². The second-order valence-electron chi connectivity index (χ2n) is 4.84. The second kappa shape index (κ2) is 5.85. The van der Waals surface area contributed by atoms with Crippen LogP contribution in [0.15, 0.2) is 18.3 Å². The third-order valence-corrected chi connectivity index (χ3v) is 3.35. The summed E-state index contributed by atoms with van der Waals surface area (Å²) in [5.74, 6) is 1.49. The van der Waals surface area contributed by atoms with Crippen molar-refractivity contribution in [3.05, 3.63) is 23.9 Å². The first kappa shape index (κ1) is 12.9. The summed E-state index contributed by atoms with van der Waals surface area (Å²) < 4.78 is 0. The molecule has 1 aliphatic carbocycles. The van der Waals surface area contributed by atoms with Crippen LogP contribution in [0.5, 0.6) is 0 Å². The van der Waals surface area contributed by atoms with E-state index in [0.717, 1.165) is 31.6 Å². The molecule has 1 aliphatic rings. The van der Waals surface area contributed by atoms with Crippen molar-refractivity contribution in [1.82, 2.24) is 10.3 Å². The van der Waals surface area contributed by atoms with Crippen molar-refractivity contribution in [2.24, 2.45) is 5.92 Å². The van der Waals surface area contributed by atoms with E-state index in [4.69, 9.17) is 0 Å². The molecule has 18 heavy (non-hydrogen) atoms. The summed E-state index contributed by atoms with van der Waals surface area (Å²) in [7, 11) is 0. The fraction of sp³-hybridized carbons (Fsp3) is 0.571. The van der Waals surface area contributed by atoms with Gasteiger partial charge in [-0.3, -0.25) is 4.79 Å². The zero-order valence-electron chi connectivity index (χ0n) is 11.1. The average molecular weight is 247 g/mol. The smallest absolute Gasteiger partial charge is 0.253 e. The Morgan fingerprint density at radius 1 is 1.44 bits per heavy atom. The normalized spacial score (nSPS) is 21.4. The fourth-order valence-electron chi connectivity index (χ4n) is 2.01. The van der Waals surface area contributed by atoms with E-state index in [-0.39, 0.29) is 5.91 Å². The zero-order chi connectivity index (χ0) is 13.0. The van der Waals surface area contributed by atoms with E-state index >= 15 is 0 Å². The maximum absolute atomic E-state index is 11.9. The van der Waals surface area contributed by atoms with E-state index in [1.807, 2.05) is 12.1 Å². The molecule has 1 aromatic heterocycles. The Hall–Kier alpha value is -1.58. The monoisotopic (exact) mass is 247 g/mol. The molecule has 2 unspecified atom stereocenters. The first-order chi connectivity index (χ1) is 8.74. The Kier molecular flexibility index (Phi) is 4.18. The highest BCUT2D eigenvalue weighted by atomic mass is 16.1. The number of carbonyl (C=O) groups excluding carboxylic acids is 1. The molecule has 0 saturated heterocycles. The van der Waals surface area contributed by atoms with Gasteiger partial charge in [0, 0.05) is 18.8 Å². The number of nitrogens with one attached hydrogen (secondary N) is 2. The SMILES string of the molecule is CCCNc1ccc(C(=O)NC2CC2CC)cn1. The van der Waals surface area contributed by atoms with Gasteiger partial charge < -0.3 is 10.6 Å². The first-order valence-electron chi connectivity index (χ1n) is 6.75. The maximum Gasteiger partial charge on any atom is 0.253 e. The molecule has 1 heterocycles. The molecule has 0 aliphatic heterocycles. The molecule has 0 radical (unpaired) electrons. The highest BCUT2D eigenvalue weighted by Gasteiger charge is 2.36. The summed E-state index contributed by atoms with van der Waals surface area (Å²) in [6.45, 7) is 5.17. The molecule has 98 valence electrons. The van der Waals surface area contributed by atoms with Crippen LogP contribution in [0.25, 0.3) is 0 Å². The Morgan fingerprint density at radius 2 is 2.28 bits per heavy atom. The minimum absolute atomic E-state index is 0.00880. The lowest BCUT2D eigenvalue weighted by atomic mass is 10.2. The number of hydrogen-bond donors (Lipinski definition) is 2. The maximum atomic E-state index is 11.9. The number of hydrogen-bond acceptors (Lipinski definition) is 3. The lowest BCUT2D eigenvalue weighted by Crippen LogP contribution is -2.26. The Morgan fingerprint density at radius 3 is 2.83 bits per heavy atom. The minimum Gasteiger partial charge on any atom is -0.370 e. The van der Waals surface area contributed by atoms with E-state index in [9.17, 15) is 4.79 Å². The quantitative estimate of drug-likeness (QED) is 0.811. The predicted molar refractivity (Wildman–Crippen MR) is 72.7 cm³/mol. The highest BCUT2D eigenvalue weighted by Crippen LogP contribution is 2.33. The van der Waals surface area contributed by atoms with Gasteiger partial charge in [0.25, 0.3) is 5.91 Å². The summed E-state index contributed by atoms with van der Waals surface area (Å²) in [5.41, 5.74) is 0.638. The first-order valence-corrected chi connectivity index (χ1v) is 6.75. The molecule has 0 bridgehead atoms. The highest BCUT2D eigenvalue weighted by molar-refractivity contribution is 5.94. The lowest BCUT2D eigenvalue weighted by Gasteiger charge is -2.06. The summed E-state index contributed by atoms with van der Waals surface area (Å²) in [6, 6.07) is 4.05. The standard InChI is InChI=1S/C14H21N3O/c1-3-7-15-13-6-5-11(9-16-13)14(18)17-12-8-10(12)4-2/h5-6,9-10,12H,3-4,7-8H2,1-2H3,(H,15,16)(H,17,18). The van der Waals surface area contributed by atoms with E-state index < -0.39 is 0 Å². The van der Waals surface area contributed by atoms with Crippen molar-refractivity contribution in [3.63, 3.8) is 0 Å². The van der Waals surface area contributed by atoms with Gasteiger partial charge in [0.2, 0.25) is 0 Å². The minimum atomic E-state index is -0.00880. The molecular formula is C14H21N3O. The van der Waals surface area contributed by atoms with Gasteiger partial charge in [0.15, 0.2) is 0 Å². The molecular weight excluding hydrogens is 226 g/mol. The van der Waals surface area contributed by atoms with E-state index in [2.05, 4.69) is 29.5 Å². The molecule has 4 nitrogen and oxygen atoms in total.